The minimum atomic E-state index is -0.201. The molecule has 7 nitrogen and oxygen atoms in total. The Morgan fingerprint density at radius 2 is 2.00 bits per heavy atom. The van der Waals surface area contributed by atoms with Gasteiger partial charge >= 0.3 is 0 Å². The van der Waals surface area contributed by atoms with Crippen LogP contribution in [-0.4, -0.2) is 37.4 Å². The van der Waals surface area contributed by atoms with Crippen LogP contribution in [0.1, 0.15) is 34.2 Å². The molecule has 0 atom stereocenters. The second kappa shape index (κ2) is 8.48. The highest BCUT2D eigenvalue weighted by Gasteiger charge is 2.18. The molecule has 1 amide bonds. The number of aromatic nitrogens is 4. The van der Waals surface area contributed by atoms with E-state index in [1.54, 1.807) is 39.8 Å². The normalized spacial score (nSPS) is 10.9. The van der Waals surface area contributed by atoms with Gasteiger partial charge in [-0.05, 0) is 44.0 Å². The summed E-state index contributed by atoms with van der Waals surface area (Å²) >= 11 is 6.19. The SMILES string of the molecule is CCn1cc(Cl)c(CN(C)C(=O)c2ccn(COc3cc(C)ccc3C)n2)n1. The van der Waals surface area contributed by atoms with Gasteiger partial charge in [0.25, 0.3) is 5.91 Å². The first kappa shape index (κ1) is 19.9. The minimum absolute atomic E-state index is 0.201. The van der Waals surface area contributed by atoms with E-state index in [4.69, 9.17) is 16.3 Å². The Bertz CT molecular complexity index is 979. The molecule has 0 fully saturated rings. The maximum absolute atomic E-state index is 12.7. The van der Waals surface area contributed by atoms with Crippen molar-refractivity contribution in [3.8, 4) is 5.75 Å². The molecule has 1 aromatic carbocycles. The van der Waals surface area contributed by atoms with Gasteiger partial charge in [-0.2, -0.15) is 10.2 Å². The van der Waals surface area contributed by atoms with Gasteiger partial charge in [0, 0.05) is 26.0 Å². The first-order valence-electron chi connectivity index (χ1n) is 9.08. The summed E-state index contributed by atoms with van der Waals surface area (Å²) in [7, 11) is 1.70. The number of benzene rings is 1. The molecule has 0 saturated carbocycles. The van der Waals surface area contributed by atoms with Crippen molar-refractivity contribution in [1.29, 1.82) is 0 Å². The van der Waals surface area contributed by atoms with Gasteiger partial charge in [0.1, 0.15) is 11.4 Å². The molecule has 3 aromatic rings. The second-order valence-electron chi connectivity index (χ2n) is 6.72. The van der Waals surface area contributed by atoms with Crippen molar-refractivity contribution < 1.29 is 9.53 Å². The quantitative estimate of drug-likeness (QED) is 0.605. The highest BCUT2D eigenvalue weighted by molar-refractivity contribution is 6.31. The molecule has 0 radical (unpaired) electrons. The Hall–Kier alpha value is -2.80. The van der Waals surface area contributed by atoms with Gasteiger partial charge in [-0.25, -0.2) is 4.68 Å². The van der Waals surface area contributed by atoms with E-state index in [0.717, 1.165) is 23.4 Å². The Balaban J connectivity index is 1.62. The first-order valence-corrected chi connectivity index (χ1v) is 9.46. The lowest BCUT2D eigenvalue weighted by Gasteiger charge is -2.14. The van der Waals surface area contributed by atoms with Crippen molar-refractivity contribution in [2.45, 2.75) is 40.6 Å². The third kappa shape index (κ3) is 4.54. The summed E-state index contributed by atoms with van der Waals surface area (Å²) in [5.41, 5.74) is 3.19. The second-order valence-corrected chi connectivity index (χ2v) is 7.13. The lowest BCUT2D eigenvalue weighted by atomic mass is 10.1. The average Bonchev–Trinajstić information content (AvgIpc) is 3.28. The van der Waals surface area contributed by atoms with E-state index < -0.39 is 0 Å². The smallest absolute Gasteiger partial charge is 0.274 e. The van der Waals surface area contributed by atoms with Crippen LogP contribution >= 0.6 is 11.6 Å². The van der Waals surface area contributed by atoms with Crippen molar-refractivity contribution in [2.75, 3.05) is 7.05 Å². The number of amides is 1. The molecular formula is C20H24ClN5O2. The van der Waals surface area contributed by atoms with E-state index in [0.29, 0.717) is 23.0 Å². The van der Waals surface area contributed by atoms with Crippen molar-refractivity contribution in [1.82, 2.24) is 24.5 Å². The van der Waals surface area contributed by atoms with E-state index in [9.17, 15) is 4.79 Å². The van der Waals surface area contributed by atoms with Gasteiger partial charge in [0.15, 0.2) is 12.4 Å². The standard InChI is InChI=1S/C20H24ClN5O2/c1-5-25-11-16(21)18(23-25)12-24(4)20(27)17-8-9-26(22-17)13-28-19-10-14(2)6-7-15(19)3/h6-11H,5,12-13H2,1-4H3. The zero-order chi connectivity index (χ0) is 20.3. The lowest BCUT2D eigenvalue weighted by molar-refractivity contribution is 0.0775. The molecule has 0 aliphatic carbocycles. The fourth-order valence-corrected chi connectivity index (χ4v) is 2.95. The number of aryl methyl sites for hydroxylation is 3. The van der Waals surface area contributed by atoms with Crippen LogP contribution in [0.3, 0.4) is 0 Å². The molecular weight excluding hydrogens is 378 g/mol. The molecule has 28 heavy (non-hydrogen) atoms. The molecule has 0 saturated heterocycles. The van der Waals surface area contributed by atoms with Crippen molar-refractivity contribution in [3.05, 3.63) is 64.2 Å². The van der Waals surface area contributed by atoms with Crippen LogP contribution in [0.5, 0.6) is 5.75 Å². The summed E-state index contributed by atoms with van der Waals surface area (Å²) < 4.78 is 9.17. The maximum Gasteiger partial charge on any atom is 0.274 e. The summed E-state index contributed by atoms with van der Waals surface area (Å²) in [4.78, 5) is 14.2. The molecule has 0 N–H and O–H groups in total. The van der Waals surface area contributed by atoms with E-state index in [1.807, 2.05) is 39.0 Å². The zero-order valence-corrected chi connectivity index (χ0v) is 17.3. The third-order valence-electron chi connectivity index (χ3n) is 4.40. The Morgan fingerprint density at radius 3 is 2.71 bits per heavy atom. The molecule has 0 aliphatic rings. The Morgan fingerprint density at radius 1 is 1.21 bits per heavy atom. The maximum atomic E-state index is 12.7. The topological polar surface area (TPSA) is 65.2 Å². The molecule has 8 heteroatoms. The molecule has 148 valence electrons. The molecule has 2 aromatic heterocycles. The third-order valence-corrected chi connectivity index (χ3v) is 4.72. The molecule has 0 unspecified atom stereocenters. The van der Waals surface area contributed by atoms with E-state index in [1.165, 1.54) is 0 Å². The number of halogens is 1. The highest BCUT2D eigenvalue weighted by atomic mass is 35.5. The van der Waals surface area contributed by atoms with Crippen molar-refractivity contribution >= 4 is 17.5 Å². The highest BCUT2D eigenvalue weighted by Crippen LogP contribution is 2.20. The molecule has 0 spiro atoms. The zero-order valence-electron chi connectivity index (χ0n) is 16.5. The predicted octanol–water partition coefficient (Wildman–Crippen LogP) is 3.68. The van der Waals surface area contributed by atoms with Gasteiger partial charge in [0.2, 0.25) is 0 Å². The Labute approximate surface area is 169 Å². The van der Waals surface area contributed by atoms with Crippen LogP contribution in [0.2, 0.25) is 5.02 Å². The number of ether oxygens (including phenoxy) is 1. The summed E-state index contributed by atoms with van der Waals surface area (Å²) in [5, 5.41) is 9.25. The molecule has 3 rings (SSSR count). The van der Waals surface area contributed by atoms with Crippen LogP contribution in [0.4, 0.5) is 0 Å². The number of hydrogen-bond donors (Lipinski definition) is 0. The van der Waals surface area contributed by atoms with Crippen LogP contribution < -0.4 is 4.74 Å². The predicted molar refractivity (Wildman–Crippen MR) is 107 cm³/mol. The number of carbonyl (C=O) groups is 1. The van der Waals surface area contributed by atoms with Crippen molar-refractivity contribution in [3.63, 3.8) is 0 Å². The number of nitrogens with zero attached hydrogens (tertiary/aromatic N) is 5. The van der Waals surface area contributed by atoms with E-state index >= 15 is 0 Å². The van der Waals surface area contributed by atoms with Gasteiger partial charge in [0.05, 0.1) is 11.6 Å². The van der Waals surface area contributed by atoms with Gasteiger partial charge in [-0.3, -0.25) is 9.48 Å². The summed E-state index contributed by atoms with van der Waals surface area (Å²) in [5.74, 6) is 0.606. The Kier molecular flexibility index (Phi) is 6.04. The summed E-state index contributed by atoms with van der Waals surface area (Å²) in [6.45, 7) is 7.26. The lowest BCUT2D eigenvalue weighted by Crippen LogP contribution is -2.27. The monoisotopic (exact) mass is 401 g/mol. The van der Waals surface area contributed by atoms with Crippen LogP contribution in [-0.2, 0) is 19.8 Å². The van der Waals surface area contributed by atoms with Crippen LogP contribution in [0.25, 0.3) is 0 Å². The fraction of sp³-hybridized carbons (Fsp3) is 0.350. The largest absolute Gasteiger partial charge is 0.471 e. The van der Waals surface area contributed by atoms with Gasteiger partial charge in [-0.15, -0.1) is 0 Å². The summed E-state index contributed by atoms with van der Waals surface area (Å²) in [6.07, 6.45) is 3.49. The van der Waals surface area contributed by atoms with E-state index in [-0.39, 0.29) is 12.6 Å². The fourth-order valence-electron chi connectivity index (χ4n) is 2.74. The summed E-state index contributed by atoms with van der Waals surface area (Å²) in [6, 6.07) is 7.72. The van der Waals surface area contributed by atoms with E-state index in [2.05, 4.69) is 10.2 Å². The number of hydrogen-bond acceptors (Lipinski definition) is 4. The molecule has 2 heterocycles. The molecule has 0 aliphatic heterocycles. The molecule has 0 bridgehead atoms. The van der Waals surface area contributed by atoms with Crippen LogP contribution in [0.15, 0.2) is 36.7 Å². The number of carbonyl (C=O) groups excluding carboxylic acids is 1. The van der Waals surface area contributed by atoms with Gasteiger partial charge in [-0.1, -0.05) is 23.7 Å². The average molecular weight is 402 g/mol. The van der Waals surface area contributed by atoms with Crippen LogP contribution in [0, 0.1) is 13.8 Å². The number of rotatable bonds is 7. The van der Waals surface area contributed by atoms with Crippen molar-refractivity contribution in [2.24, 2.45) is 0 Å². The first-order chi connectivity index (χ1) is 13.4. The minimum Gasteiger partial charge on any atom is -0.471 e. The van der Waals surface area contributed by atoms with Gasteiger partial charge < -0.3 is 9.64 Å².